The fourth-order valence-electron chi connectivity index (χ4n) is 1.11. The molecule has 0 heterocycles. The van der Waals surface area contributed by atoms with E-state index in [1.165, 1.54) is 6.92 Å². The van der Waals surface area contributed by atoms with Gasteiger partial charge in [0.1, 0.15) is 0 Å². The van der Waals surface area contributed by atoms with Crippen LogP contribution in [0.3, 0.4) is 0 Å². The lowest BCUT2D eigenvalue weighted by molar-refractivity contribution is -0.140. The van der Waals surface area contributed by atoms with Crippen molar-refractivity contribution in [3.05, 3.63) is 0 Å². The van der Waals surface area contributed by atoms with Gasteiger partial charge in [-0.25, -0.2) is 0 Å². The quantitative estimate of drug-likeness (QED) is 0.474. The van der Waals surface area contributed by atoms with Crippen LogP contribution in [0.1, 0.15) is 13.3 Å². The second-order valence-corrected chi connectivity index (χ2v) is 4.68. The van der Waals surface area contributed by atoms with Crippen LogP contribution in [0.2, 0.25) is 0 Å². The van der Waals surface area contributed by atoms with Gasteiger partial charge < -0.3 is 20.0 Å². The maximum atomic E-state index is 10.7. The van der Waals surface area contributed by atoms with Crippen LogP contribution in [0.4, 0.5) is 0 Å². The second-order valence-electron chi connectivity index (χ2n) is 2.95. The average molecular weight is 226 g/mol. The monoisotopic (exact) mass is 226 g/mol. The van der Waals surface area contributed by atoms with Crippen LogP contribution in [0.15, 0.2) is 0 Å². The van der Waals surface area contributed by atoms with Gasteiger partial charge in [-0.2, -0.15) is 0 Å². The molecule has 0 aliphatic carbocycles. The van der Waals surface area contributed by atoms with E-state index in [1.54, 1.807) is 0 Å². The Balaban J connectivity index is 4.76. The Morgan fingerprint density at radius 3 is 1.93 bits per heavy atom. The van der Waals surface area contributed by atoms with E-state index in [0.29, 0.717) is 0 Å². The van der Waals surface area contributed by atoms with Crippen LogP contribution in [-0.4, -0.2) is 37.6 Å². The summed E-state index contributed by atoms with van der Waals surface area (Å²) in [4.78, 5) is 38.0. The number of hydrogen-bond donors (Lipinski definition) is 4. The van der Waals surface area contributed by atoms with Crippen molar-refractivity contribution < 1.29 is 34.2 Å². The van der Waals surface area contributed by atoms with E-state index in [9.17, 15) is 14.2 Å². The zero-order chi connectivity index (χ0) is 11.5. The van der Waals surface area contributed by atoms with Crippen LogP contribution < -0.4 is 0 Å². The first kappa shape index (κ1) is 13.1. The second kappa shape index (κ2) is 4.54. The summed E-state index contributed by atoms with van der Waals surface area (Å²) in [6.45, 7) is 1.17. The first-order valence-electron chi connectivity index (χ1n) is 3.66. The van der Waals surface area contributed by atoms with Gasteiger partial charge in [-0.3, -0.25) is 14.2 Å². The molecule has 14 heavy (non-hydrogen) atoms. The van der Waals surface area contributed by atoms with Crippen LogP contribution in [-0.2, 0) is 14.2 Å². The molecule has 2 atom stereocenters. The summed E-state index contributed by atoms with van der Waals surface area (Å²) in [5.41, 5.74) is -1.96. The van der Waals surface area contributed by atoms with Crippen molar-refractivity contribution in [3.8, 4) is 0 Å². The first-order chi connectivity index (χ1) is 6.16. The Morgan fingerprint density at radius 1 is 1.29 bits per heavy atom. The Morgan fingerprint density at radius 2 is 1.71 bits per heavy atom. The summed E-state index contributed by atoms with van der Waals surface area (Å²) < 4.78 is 10.7. The molecule has 0 amide bonds. The van der Waals surface area contributed by atoms with Gasteiger partial charge in [0.05, 0.1) is 0 Å². The van der Waals surface area contributed by atoms with Gasteiger partial charge in [-0.15, -0.1) is 0 Å². The van der Waals surface area contributed by atoms with E-state index in [4.69, 9.17) is 20.0 Å². The molecule has 0 fully saturated rings. The predicted molar refractivity (Wildman–Crippen MR) is 44.9 cm³/mol. The number of carboxylic acids is 2. The molecular formula is C6H11O7P. The molecule has 0 spiro atoms. The van der Waals surface area contributed by atoms with Crippen molar-refractivity contribution in [1.29, 1.82) is 0 Å². The first-order valence-corrected chi connectivity index (χ1v) is 5.34. The molecule has 0 bridgehead atoms. The summed E-state index contributed by atoms with van der Waals surface area (Å²) in [5, 5.41) is 16.8. The number of carboxylic acid groups (broad SMARTS) is 2. The van der Waals surface area contributed by atoms with Crippen molar-refractivity contribution in [1.82, 2.24) is 0 Å². The minimum Gasteiger partial charge on any atom is -0.481 e. The van der Waals surface area contributed by atoms with Gasteiger partial charge in [-0.1, -0.05) is 6.92 Å². The molecule has 4 N–H and O–H groups in total. The van der Waals surface area contributed by atoms with Gasteiger partial charge in [-0.05, 0) is 5.92 Å². The Bertz CT molecular complexity index is 280. The van der Waals surface area contributed by atoms with E-state index < -0.39 is 37.5 Å². The largest absolute Gasteiger partial charge is 0.481 e. The highest BCUT2D eigenvalue weighted by atomic mass is 31.2. The third-order valence-electron chi connectivity index (χ3n) is 1.65. The summed E-state index contributed by atoms with van der Waals surface area (Å²) in [7, 11) is -4.81. The van der Waals surface area contributed by atoms with E-state index in [0.717, 1.165) is 0 Å². The van der Waals surface area contributed by atoms with Crippen LogP contribution in [0, 0.1) is 5.92 Å². The topological polar surface area (TPSA) is 132 Å². The van der Waals surface area contributed by atoms with E-state index in [1.807, 2.05) is 0 Å². The highest BCUT2D eigenvalue weighted by molar-refractivity contribution is 7.53. The number of hydrogen-bond acceptors (Lipinski definition) is 3. The summed E-state index contributed by atoms with van der Waals surface area (Å²) in [5.74, 6) is -4.10. The van der Waals surface area contributed by atoms with E-state index in [2.05, 4.69) is 0 Å². The fourth-order valence-corrected chi connectivity index (χ4v) is 2.16. The molecule has 0 aliphatic heterocycles. The highest BCUT2D eigenvalue weighted by Crippen LogP contribution is 2.45. The fraction of sp³-hybridized carbons (Fsp3) is 0.667. The van der Waals surface area contributed by atoms with Gasteiger partial charge in [0, 0.05) is 6.42 Å². The lowest BCUT2D eigenvalue weighted by atomic mass is 10.0. The van der Waals surface area contributed by atoms with Gasteiger partial charge in [0.25, 0.3) is 0 Å². The predicted octanol–water partition coefficient (Wildman–Crippen LogP) is -0.272. The smallest absolute Gasteiger partial charge is 0.340 e. The molecule has 2 unspecified atom stereocenters. The minimum atomic E-state index is -4.81. The standard InChI is InChI=1S/C6H11O7P/c1-3(2-4(7)8)5(6(9)10)14(11,12)13/h3,5H,2H2,1H3,(H,7,8)(H,9,10)(H2,11,12,13). The van der Waals surface area contributed by atoms with Gasteiger partial charge in [0.15, 0.2) is 5.66 Å². The number of rotatable bonds is 5. The molecule has 0 saturated heterocycles. The SMILES string of the molecule is CC(CC(=O)O)C(C(=O)O)P(=O)(O)O. The summed E-state index contributed by atoms with van der Waals surface area (Å²) in [6, 6.07) is 0. The molecule has 8 heteroatoms. The molecule has 0 aliphatic rings. The zero-order valence-electron chi connectivity index (χ0n) is 7.32. The van der Waals surface area contributed by atoms with Gasteiger partial charge in [0.2, 0.25) is 0 Å². The van der Waals surface area contributed by atoms with Crippen molar-refractivity contribution >= 4 is 19.5 Å². The van der Waals surface area contributed by atoms with Crippen molar-refractivity contribution in [2.24, 2.45) is 5.92 Å². The van der Waals surface area contributed by atoms with Crippen LogP contribution in [0.5, 0.6) is 0 Å². The number of aliphatic carboxylic acids is 2. The van der Waals surface area contributed by atoms with Crippen molar-refractivity contribution in [2.75, 3.05) is 0 Å². The van der Waals surface area contributed by atoms with Crippen molar-refractivity contribution in [2.45, 2.75) is 19.0 Å². The molecule has 7 nitrogen and oxygen atoms in total. The molecule has 0 aromatic carbocycles. The molecule has 82 valence electrons. The van der Waals surface area contributed by atoms with Crippen LogP contribution in [0.25, 0.3) is 0 Å². The molecule has 0 radical (unpaired) electrons. The molecule has 0 saturated carbocycles. The van der Waals surface area contributed by atoms with Crippen LogP contribution >= 0.6 is 7.60 Å². The zero-order valence-corrected chi connectivity index (χ0v) is 8.22. The summed E-state index contributed by atoms with van der Waals surface area (Å²) >= 11 is 0. The van der Waals surface area contributed by atoms with E-state index in [-0.39, 0.29) is 0 Å². The minimum absolute atomic E-state index is 0.595. The Labute approximate surface area is 79.5 Å². The van der Waals surface area contributed by atoms with Crippen molar-refractivity contribution in [3.63, 3.8) is 0 Å². The third-order valence-corrected chi connectivity index (χ3v) is 3.11. The molecular weight excluding hydrogens is 215 g/mol. The lowest BCUT2D eigenvalue weighted by Crippen LogP contribution is -2.29. The average Bonchev–Trinajstić information content (AvgIpc) is 1.78. The molecule has 0 rings (SSSR count). The Hall–Kier alpha value is -0.910. The number of carbonyl (C=O) groups is 2. The highest BCUT2D eigenvalue weighted by Gasteiger charge is 2.40. The molecule has 0 aromatic heterocycles. The third kappa shape index (κ3) is 3.87. The maximum Gasteiger partial charge on any atom is 0.340 e. The van der Waals surface area contributed by atoms with E-state index >= 15 is 0 Å². The molecule has 0 aromatic rings. The normalized spacial score (nSPS) is 15.9. The lowest BCUT2D eigenvalue weighted by Gasteiger charge is -2.19. The van der Waals surface area contributed by atoms with Gasteiger partial charge >= 0.3 is 19.5 Å². The maximum absolute atomic E-state index is 10.7. The Kier molecular flexibility index (Phi) is 4.25. The summed E-state index contributed by atoms with van der Waals surface area (Å²) in [6.07, 6.45) is -0.595.